The molecule has 0 aliphatic carbocycles. The first-order valence-corrected chi connectivity index (χ1v) is 6.75. The average Bonchev–Trinajstić information content (AvgIpc) is 2.93. The van der Waals surface area contributed by atoms with Crippen molar-refractivity contribution in [3.8, 4) is 5.75 Å². The molecule has 2 aromatic rings. The SMILES string of the molecule is COc1cccc(N2CCn3cnnc3C2)c1[C@@H](C)N. The second-order valence-electron chi connectivity index (χ2n) is 5.04. The van der Waals surface area contributed by atoms with Crippen LogP contribution in [-0.2, 0) is 13.1 Å². The number of benzene rings is 1. The van der Waals surface area contributed by atoms with Crippen molar-refractivity contribution < 1.29 is 4.74 Å². The zero-order valence-electron chi connectivity index (χ0n) is 11.8. The number of aromatic nitrogens is 3. The normalized spacial score (nSPS) is 15.8. The lowest BCUT2D eigenvalue weighted by atomic mass is 10.0. The van der Waals surface area contributed by atoms with Crippen LogP contribution in [0.25, 0.3) is 0 Å². The lowest BCUT2D eigenvalue weighted by Crippen LogP contribution is -2.34. The summed E-state index contributed by atoms with van der Waals surface area (Å²) in [5.41, 5.74) is 8.30. The van der Waals surface area contributed by atoms with E-state index in [0.29, 0.717) is 0 Å². The Hall–Kier alpha value is -2.08. The van der Waals surface area contributed by atoms with Gasteiger partial charge in [-0.05, 0) is 19.1 Å². The Balaban J connectivity index is 1.99. The maximum absolute atomic E-state index is 6.13. The van der Waals surface area contributed by atoms with E-state index in [9.17, 15) is 0 Å². The number of nitrogens with two attached hydrogens (primary N) is 1. The number of methoxy groups -OCH3 is 1. The molecule has 1 aromatic carbocycles. The lowest BCUT2D eigenvalue weighted by molar-refractivity contribution is 0.406. The number of hydrogen-bond acceptors (Lipinski definition) is 5. The van der Waals surface area contributed by atoms with Gasteiger partial charge in [-0.1, -0.05) is 6.07 Å². The van der Waals surface area contributed by atoms with Crippen LogP contribution in [0, 0.1) is 0 Å². The molecule has 0 radical (unpaired) electrons. The predicted molar refractivity (Wildman–Crippen MR) is 76.7 cm³/mol. The zero-order valence-corrected chi connectivity index (χ0v) is 11.8. The van der Waals surface area contributed by atoms with Crippen LogP contribution in [0.1, 0.15) is 24.4 Å². The smallest absolute Gasteiger partial charge is 0.152 e. The molecule has 2 heterocycles. The van der Waals surface area contributed by atoms with E-state index in [1.54, 1.807) is 13.4 Å². The topological polar surface area (TPSA) is 69.2 Å². The molecule has 1 atom stereocenters. The summed E-state index contributed by atoms with van der Waals surface area (Å²) in [6, 6.07) is 5.96. The second kappa shape index (κ2) is 5.13. The lowest BCUT2D eigenvalue weighted by Gasteiger charge is -2.32. The van der Waals surface area contributed by atoms with Crippen molar-refractivity contribution in [2.24, 2.45) is 5.73 Å². The van der Waals surface area contributed by atoms with Gasteiger partial charge in [0.25, 0.3) is 0 Å². The van der Waals surface area contributed by atoms with E-state index >= 15 is 0 Å². The molecule has 0 saturated carbocycles. The van der Waals surface area contributed by atoms with Crippen LogP contribution >= 0.6 is 0 Å². The largest absolute Gasteiger partial charge is 0.496 e. The summed E-state index contributed by atoms with van der Waals surface area (Å²) in [4.78, 5) is 2.28. The van der Waals surface area contributed by atoms with Gasteiger partial charge in [-0.2, -0.15) is 0 Å². The van der Waals surface area contributed by atoms with Crippen LogP contribution in [0.4, 0.5) is 5.69 Å². The first kappa shape index (κ1) is 12.9. The molecule has 3 rings (SSSR count). The summed E-state index contributed by atoms with van der Waals surface area (Å²) in [6.07, 6.45) is 1.78. The van der Waals surface area contributed by atoms with Crippen molar-refractivity contribution >= 4 is 5.69 Å². The third kappa shape index (κ3) is 2.12. The number of ether oxygens (including phenoxy) is 1. The third-order valence-corrected chi connectivity index (χ3v) is 3.70. The van der Waals surface area contributed by atoms with E-state index in [1.165, 1.54) is 0 Å². The summed E-state index contributed by atoms with van der Waals surface area (Å²) < 4.78 is 7.54. The Morgan fingerprint density at radius 3 is 2.95 bits per heavy atom. The van der Waals surface area contributed by atoms with Gasteiger partial charge >= 0.3 is 0 Å². The van der Waals surface area contributed by atoms with Crippen LogP contribution < -0.4 is 15.4 Å². The molecule has 6 heteroatoms. The molecule has 0 amide bonds. The van der Waals surface area contributed by atoms with E-state index in [1.807, 2.05) is 19.1 Å². The summed E-state index contributed by atoms with van der Waals surface area (Å²) >= 11 is 0. The van der Waals surface area contributed by atoms with Gasteiger partial charge in [-0.3, -0.25) is 0 Å². The molecule has 0 unspecified atom stereocenters. The molecule has 0 saturated heterocycles. The highest BCUT2D eigenvalue weighted by Crippen LogP contribution is 2.34. The molecule has 0 fully saturated rings. The molecule has 6 nitrogen and oxygen atoms in total. The summed E-state index contributed by atoms with van der Waals surface area (Å²) in [6.45, 7) is 4.52. The molecule has 1 aliphatic rings. The highest BCUT2D eigenvalue weighted by molar-refractivity contribution is 5.61. The number of fused-ring (bicyclic) bond motifs is 1. The van der Waals surface area contributed by atoms with E-state index in [2.05, 4.69) is 25.7 Å². The van der Waals surface area contributed by atoms with E-state index in [0.717, 1.165) is 42.5 Å². The highest BCUT2D eigenvalue weighted by atomic mass is 16.5. The van der Waals surface area contributed by atoms with E-state index in [-0.39, 0.29) is 6.04 Å². The minimum absolute atomic E-state index is 0.0825. The van der Waals surface area contributed by atoms with Crippen molar-refractivity contribution in [1.29, 1.82) is 0 Å². The number of nitrogens with zero attached hydrogens (tertiary/aromatic N) is 4. The minimum Gasteiger partial charge on any atom is -0.496 e. The van der Waals surface area contributed by atoms with Gasteiger partial charge in [0.2, 0.25) is 0 Å². The van der Waals surface area contributed by atoms with Gasteiger partial charge in [0, 0.05) is 30.4 Å². The van der Waals surface area contributed by atoms with Gasteiger partial charge in [-0.15, -0.1) is 10.2 Å². The first-order chi connectivity index (χ1) is 9.70. The average molecular weight is 273 g/mol. The summed E-state index contributed by atoms with van der Waals surface area (Å²) in [7, 11) is 1.68. The zero-order chi connectivity index (χ0) is 14.1. The number of anilines is 1. The fraction of sp³-hybridized carbons (Fsp3) is 0.429. The van der Waals surface area contributed by atoms with Gasteiger partial charge in [0.05, 0.1) is 13.7 Å². The molecule has 2 N–H and O–H groups in total. The molecule has 1 aliphatic heterocycles. The Morgan fingerprint density at radius 1 is 1.35 bits per heavy atom. The fourth-order valence-electron chi connectivity index (χ4n) is 2.72. The Morgan fingerprint density at radius 2 is 2.20 bits per heavy atom. The quantitative estimate of drug-likeness (QED) is 0.913. The first-order valence-electron chi connectivity index (χ1n) is 6.75. The van der Waals surface area contributed by atoms with Crippen LogP contribution in [0.15, 0.2) is 24.5 Å². The van der Waals surface area contributed by atoms with Crippen molar-refractivity contribution in [3.05, 3.63) is 35.9 Å². The van der Waals surface area contributed by atoms with Crippen molar-refractivity contribution in [3.63, 3.8) is 0 Å². The van der Waals surface area contributed by atoms with Crippen molar-refractivity contribution in [2.45, 2.75) is 26.1 Å². The highest BCUT2D eigenvalue weighted by Gasteiger charge is 2.22. The molecular weight excluding hydrogens is 254 g/mol. The summed E-state index contributed by atoms with van der Waals surface area (Å²) in [5.74, 6) is 1.82. The van der Waals surface area contributed by atoms with Crippen LogP contribution in [0.2, 0.25) is 0 Å². The van der Waals surface area contributed by atoms with Gasteiger partial charge < -0.3 is 19.9 Å². The van der Waals surface area contributed by atoms with Gasteiger partial charge in [0.1, 0.15) is 12.1 Å². The Kier molecular flexibility index (Phi) is 3.31. The summed E-state index contributed by atoms with van der Waals surface area (Å²) in [5, 5.41) is 8.12. The second-order valence-corrected chi connectivity index (χ2v) is 5.04. The molecule has 1 aromatic heterocycles. The molecular formula is C14H19N5O. The van der Waals surface area contributed by atoms with Crippen LogP contribution in [0.5, 0.6) is 5.75 Å². The third-order valence-electron chi connectivity index (χ3n) is 3.70. The van der Waals surface area contributed by atoms with E-state index in [4.69, 9.17) is 10.5 Å². The van der Waals surface area contributed by atoms with Crippen molar-refractivity contribution in [1.82, 2.24) is 14.8 Å². The van der Waals surface area contributed by atoms with Crippen LogP contribution in [0.3, 0.4) is 0 Å². The Labute approximate surface area is 118 Å². The molecule has 0 spiro atoms. The molecule has 106 valence electrons. The molecule has 0 bridgehead atoms. The van der Waals surface area contributed by atoms with Gasteiger partial charge in [0.15, 0.2) is 5.82 Å². The standard InChI is InChI=1S/C14H19N5O/c1-10(15)14-11(4-3-5-12(14)20-2)18-6-7-19-9-16-17-13(19)8-18/h3-5,9-10H,6-8,15H2,1-2H3/t10-/m1/s1. The monoisotopic (exact) mass is 273 g/mol. The van der Waals surface area contributed by atoms with Crippen LogP contribution in [-0.4, -0.2) is 28.4 Å². The van der Waals surface area contributed by atoms with Crippen molar-refractivity contribution in [2.75, 3.05) is 18.6 Å². The molecule has 20 heavy (non-hydrogen) atoms. The number of hydrogen-bond donors (Lipinski definition) is 1. The minimum atomic E-state index is -0.0825. The number of rotatable bonds is 3. The maximum Gasteiger partial charge on any atom is 0.152 e. The van der Waals surface area contributed by atoms with Gasteiger partial charge in [-0.25, -0.2) is 0 Å². The Bertz CT molecular complexity index is 607. The fourth-order valence-corrected chi connectivity index (χ4v) is 2.72. The maximum atomic E-state index is 6.13. The van der Waals surface area contributed by atoms with E-state index < -0.39 is 0 Å². The predicted octanol–water partition coefficient (Wildman–Crippen LogP) is 1.33.